The number of hydrogen-bond acceptors (Lipinski definition) is 5. The average Bonchev–Trinajstić information content (AvgIpc) is 2.51. The van der Waals surface area contributed by atoms with E-state index in [2.05, 4.69) is 20.4 Å². The van der Waals surface area contributed by atoms with Crippen LogP contribution in [0.2, 0.25) is 0 Å². The molecule has 15 heavy (non-hydrogen) atoms. The summed E-state index contributed by atoms with van der Waals surface area (Å²) >= 11 is 0. The first-order chi connectivity index (χ1) is 7.11. The monoisotopic (exact) mass is 214 g/mol. The van der Waals surface area contributed by atoms with E-state index in [9.17, 15) is 9.59 Å². The van der Waals surface area contributed by atoms with Crippen molar-refractivity contribution in [2.75, 3.05) is 19.0 Å². The summed E-state index contributed by atoms with van der Waals surface area (Å²) < 4.78 is 5.69. The van der Waals surface area contributed by atoms with Crippen molar-refractivity contribution < 1.29 is 19.4 Å². The molecule has 8 nitrogen and oxygen atoms in total. The number of carboxylic acid groups (broad SMARTS) is 1. The summed E-state index contributed by atoms with van der Waals surface area (Å²) in [5, 5.41) is 17.9. The quantitative estimate of drug-likeness (QED) is 0.647. The number of carbonyl (C=O) groups excluding carboxylic acids is 1. The Labute approximate surface area is 84.8 Å². The van der Waals surface area contributed by atoms with Gasteiger partial charge < -0.3 is 15.2 Å². The van der Waals surface area contributed by atoms with Crippen LogP contribution in [0, 0.1) is 0 Å². The van der Waals surface area contributed by atoms with E-state index in [1.54, 1.807) is 0 Å². The number of methoxy groups -OCH3 is 1. The molecule has 0 aliphatic carbocycles. The van der Waals surface area contributed by atoms with Gasteiger partial charge in [-0.25, -0.2) is 4.68 Å². The van der Waals surface area contributed by atoms with E-state index in [4.69, 9.17) is 5.11 Å². The summed E-state index contributed by atoms with van der Waals surface area (Å²) in [6.07, 6.45) is 1.32. The van der Waals surface area contributed by atoms with Gasteiger partial charge in [-0.1, -0.05) is 5.21 Å². The first kappa shape index (κ1) is 11.1. The third-order valence-electron chi connectivity index (χ3n) is 1.38. The maximum absolute atomic E-state index is 11.0. The fourth-order valence-corrected chi connectivity index (χ4v) is 0.882. The molecule has 0 atom stereocenters. The van der Waals surface area contributed by atoms with Crippen LogP contribution in [0.15, 0.2) is 6.20 Å². The van der Waals surface area contributed by atoms with Gasteiger partial charge in [0.2, 0.25) is 0 Å². The number of hydrogen-bond donors (Lipinski definition) is 2. The summed E-state index contributed by atoms with van der Waals surface area (Å²) in [5.41, 5.74) is 0. The Morgan fingerprint density at radius 3 is 3.00 bits per heavy atom. The van der Waals surface area contributed by atoms with E-state index in [0.29, 0.717) is 0 Å². The van der Waals surface area contributed by atoms with Crippen LogP contribution >= 0.6 is 0 Å². The number of nitrogens with zero attached hydrogens (tertiary/aromatic N) is 3. The molecule has 1 aromatic rings. The molecule has 1 amide bonds. The molecule has 0 bridgehead atoms. The van der Waals surface area contributed by atoms with Gasteiger partial charge in [0.15, 0.2) is 5.82 Å². The zero-order valence-corrected chi connectivity index (χ0v) is 8.01. The summed E-state index contributed by atoms with van der Waals surface area (Å²) in [6.45, 7) is -0.390. The van der Waals surface area contributed by atoms with E-state index in [1.807, 2.05) is 0 Å². The van der Waals surface area contributed by atoms with E-state index < -0.39 is 5.97 Å². The molecule has 0 aliphatic heterocycles. The van der Waals surface area contributed by atoms with Crippen LogP contribution in [0.25, 0.3) is 0 Å². The number of anilines is 1. The number of amides is 1. The fraction of sp³-hybridized carbons (Fsp3) is 0.429. The lowest BCUT2D eigenvalue weighted by Gasteiger charge is -1.98. The number of aliphatic carboxylic acids is 1. The van der Waals surface area contributed by atoms with Gasteiger partial charge in [-0.15, -0.1) is 5.10 Å². The zero-order chi connectivity index (χ0) is 11.3. The average molecular weight is 214 g/mol. The molecule has 1 rings (SSSR count). The number of nitrogens with one attached hydrogen (secondary N) is 1. The molecular formula is C7H10N4O4. The molecular weight excluding hydrogens is 204 g/mol. The standard InChI is InChI=1S/C7H10N4O4/c1-15-4-6(12)8-5-2-11(10-9-5)3-7(13)14/h2H,3-4H2,1H3,(H,8,12)(H,13,14). The van der Waals surface area contributed by atoms with Crippen molar-refractivity contribution in [3.63, 3.8) is 0 Å². The van der Waals surface area contributed by atoms with E-state index in [-0.39, 0.29) is 24.9 Å². The zero-order valence-electron chi connectivity index (χ0n) is 8.01. The van der Waals surface area contributed by atoms with Crippen molar-refractivity contribution in [1.82, 2.24) is 15.0 Å². The van der Waals surface area contributed by atoms with Crippen molar-refractivity contribution >= 4 is 17.7 Å². The molecule has 0 radical (unpaired) electrons. The van der Waals surface area contributed by atoms with Gasteiger partial charge in [0, 0.05) is 7.11 Å². The van der Waals surface area contributed by atoms with Crippen molar-refractivity contribution in [3.8, 4) is 0 Å². The van der Waals surface area contributed by atoms with Gasteiger partial charge >= 0.3 is 5.97 Å². The second-order valence-electron chi connectivity index (χ2n) is 2.68. The molecule has 0 unspecified atom stereocenters. The van der Waals surface area contributed by atoms with Crippen LogP contribution in [0.1, 0.15) is 0 Å². The van der Waals surface area contributed by atoms with Gasteiger partial charge in [0.1, 0.15) is 13.2 Å². The second kappa shape index (κ2) is 5.05. The normalized spacial score (nSPS) is 9.93. The molecule has 8 heteroatoms. The lowest BCUT2D eigenvalue weighted by molar-refractivity contribution is -0.137. The fourth-order valence-electron chi connectivity index (χ4n) is 0.882. The van der Waals surface area contributed by atoms with Crippen LogP contribution in [0.3, 0.4) is 0 Å². The third-order valence-corrected chi connectivity index (χ3v) is 1.38. The summed E-state index contributed by atoms with van der Waals surface area (Å²) in [5.74, 6) is -1.21. The molecule has 0 aliphatic rings. The number of rotatable bonds is 5. The maximum Gasteiger partial charge on any atom is 0.325 e. The Morgan fingerprint density at radius 2 is 2.40 bits per heavy atom. The van der Waals surface area contributed by atoms with Crippen molar-refractivity contribution in [2.24, 2.45) is 0 Å². The predicted octanol–water partition coefficient (Wildman–Crippen LogP) is -1.05. The minimum absolute atomic E-state index is 0.0915. The highest BCUT2D eigenvalue weighted by Crippen LogP contribution is 1.99. The van der Waals surface area contributed by atoms with Gasteiger partial charge in [-0.2, -0.15) is 0 Å². The van der Waals surface area contributed by atoms with Gasteiger partial charge in [0.25, 0.3) is 5.91 Å². The van der Waals surface area contributed by atoms with Crippen molar-refractivity contribution in [2.45, 2.75) is 6.54 Å². The van der Waals surface area contributed by atoms with E-state index >= 15 is 0 Å². The van der Waals surface area contributed by atoms with Crippen LogP contribution in [0.5, 0.6) is 0 Å². The number of aromatic nitrogens is 3. The van der Waals surface area contributed by atoms with Crippen LogP contribution in [-0.2, 0) is 20.9 Å². The highest BCUT2D eigenvalue weighted by atomic mass is 16.5. The Hall–Kier alpha value is -1.96. The Balaban J connectivity index is 2.52. The van der Waals surface area contributed by atoms with Crippen molar-refractivity contribution in [3.05, 3.63) is 6.20 Å². The molecule has 2 N–H and O–H groups in total. The maximum atomic E-state index is 11.0. The van der Waals surface area contributed by atoms with Crippen LogP contribution < -0.4 is 5.32 Å². The first-order valence-corrected chi connectivity index (χ1v) is 4.02. The molecule has 0 saturated carbocycles. The Kier molecular flexibility index (Phi) is 3.75. The van der Waals surface area contributed by atoms with E-state index in [1.165, 1.54) is 13.3 Å². The molecule has 82 valence electrons. The topological polar surface area (TPSA) is 106 Å². The molecule has 0 aromatic carbocycles. The number of ether oxygens (including phenoxy) is 1. The smallest absolute Gasteiger partial charge is 0.325 e. The lowest BCUT2D eigenvalue weighted by atomic mass is 10.6. The Morgan fingerprint density at radius 1 is 1.67 bits per heavy atom. The molecule has 1 aromatic heterocycles. The number of carbonyl (C=O) groups is 2. The Bertz CT molecular complexity index is 362. The largest absolute Gasteiger partial charge is 0.480 e. The minimum Gasteiger partial charge on any atom is -0.480 e. The summed E-state index contributed by atoms with van der Waals surface area (Å²) in [7, 11) is 1.39. The second-order valence-corrected chi connectivity index (χ2v) is 2.68. The van der Waals surface area contributed by atoms with Crippen LogP contribution in [-0.4, -0.2) is 45.7 Å². The van der Waals surface area contributed by atoms with Gasteiger partial charge in [-0.05, 0) is 0 Å². The van der Waals surface area contributed by atoms with E-state index in [0.717, 1.165) is 4.68 Å². The van der Waals surface area contributed by atoms with Crippen LogP contribution in [0.4, 0.5) is 5.82 Å². The molecule has 0 fully saturated rings. The van der Waals surface area contributed by atoms with Crippen molar-refractivity contribution in [1.29, 1.82) is 0 Å². The highest BCUT2D eigenvalue weighted by Gasteiger charge is 2.06. The third kappa shape index (κ3) is 3.73. The van der Waals surface area contributed by atoms with Gasteiger partial charge in [-0.3, -0.25) is 9.59 Å². The highest BCUT2D eigenvalue weighted by molar-refractivity contribution is 5.90. The summed E-state index contributed by atoms with van der Waals surface area (Å²) in [6, 6.07) is 0. The molecule has 1 heterocycles. The lowest BCUT2D eigenvalue weighted by Crippen LogP contribution is -2.17. The predicted molar refractivity (Wildman–Crippen MR) is 48.2 cm³/mol. The first-order valence-electron chi connectivity index (χ1n) is 4.02. The SMILES string of the molecule is COCC(=O)Nc1cn(CC(=O)O)nn1. The number of carboxylic acids is 1. The molecule has 0 spiro atoms. The minimum atomic E-state index is -1.03. The molecule has 0 saturated heterocycles. The summed E-state index contributed by atoms with van der Waals surface area (Å²) in [4.78, 5) is 21.3. The van der Waals surface area contributed by atoms with Gasteiger partial charge in [0.05, 0.1) is 6.20 Å².